The fraction of sp³-hybridized carbons (Fsp3) is 0.257. The zero-order valence-electron chi connectivity index (χ0n) is 27.2. The summed E-state index contributed by atoms with van der Waals surface area (Å²) in [6.45, 7) is 3.81. The maximum atomic E-state index is 13.3. The summed E-state index contributed by atoms with van der Waals surface area (Å²) in [4.78, 5) is 45.4. The number of hydrogen-bond donors (Lipinski definition) is 3. The van der Waals surface area contributed by atoms with Crippen LogP contribution in [0.3, 0.4) is 0 Å². The highest BCUT2D eigenvalue weighted by Gasteiger charge is 2.29. The van der Waals surface area contributed by atoms with E-state index in [9.17, 15) is 31.9 Å². The van der Waals surface area contributed by atoms with Gasteiger partial charge in [0.1, 0.15) is 12.4 Å². The number of aromatic nitrogens is 2. The van der Waals surface area contributed by atoms with Gasteiger partial charge in [0.05, 0.1) is 32.7 Å². The summed E-state index contributed by atoms with van der Waals surface area (Å²) in [5, 5.41) is 4.52. The van der Waals surface area contributed by atoms with Crippen molar-refractivity contribution >= 4 is 51.7 Å². The molecule has 0 radical (unpaired) electrons. The van der Waals surface area contributed by atoms with Gasteiger partial charge in [-0.3, -0.25) is 14.4 Å². The lowest BCUT2D eigenvalue weighted by Crippen LogP contribution is -2.49. The predicted octanol–water partition coefficient (Wildman–Crippen LogP) is 5.23. The molecular weight excluding hydrogens is 678 g/mol. The van der Waals surface area contributed by atoms with Crippen LogP contribution >= 0.6 is 11.6 Å². The van der Waals surface area contributed by atoms with Crippen molar-refractivity contribution in [2.75, 3.05) is 51.3 Å². The van der Waals surface area contributed by atoms with Gasteiger partial charge in [0.25, 0.3) is 17.7 Å². The van der Waals surface area contributed by atoms with E-state index < -0.39 is 30.4 Å². The number of halogens is 5. The fourth-order valence-corrected chi connectivity index (χ4v) is 6.16. The van der Waals surface area contributed by atoms with Crippen LogP contribution in [0.5, 0.6) is 0 Å². The number of nitrogens with two attached hydrogens (primary N) is 1. The first kappa shape index (κ1) is 35.9. The summed E-state index contributed by atoms with van der Waals surface area (Å²) in [5.41, 5.74) is 9.57. The van der Waals surface area contributed by atoms with E-state index in [-0.39, 0.29) is 22.3 Å². The maximum Gasteiger partial charge on any atom is 0.405 e. The standard InChI is InChI=1S/C35H32ClF4N7O3/c1-19(37)33(49)44-24-9-5-21(6-10-24)30-28(22-7-11-25(26(36)13-22)34(50)43-18-35(38,39)40)29-31(47(30)4)23(14-42-32(29)41)8-12-27(48)46(3)17-20-15-45(2)16-20/h5-7,9-11,13-14,20H,1,15-18H2,2-4H3,(H2,41,42)(H,43,50)(H,44,49). The van der Waals surface area contributed by atoms with Gasteiger partial charge in [0.2, 0.25) is 0 Å². The van der Waals surface area contributed by atoms with Crippen LogP contribution in [-0.2, 0) is 16.6 Å². The molecule has 0 aliphatic carbocycles. The van der Waals surface area contributed by atoms with Gasteiger partial charge in [-0.25, -0.2) is 9.37 Å². The monoisotopic (exact) mass is 709 g/mol. The first-order chi connectivity index (χ1) is 23.5. The Hall–Kier alpha value is -5.39. The topological polar surface area (TPSA) is 126 Å². The van der Waals surface area contributed by atoms with Crippen molar-refractivity contribution in [2.45, 2.75) is 6.18 Å². The molecule has 3 heterocycles. The molecule has 1 aliphatic heterocycles. The average Bonchev–Trinajstić information content (AvgIpc) is 3.36. The number of nitrogens with one attached hydrogen (secondary N) is 2. The highest BCUT2D eigenvalue weighted by molar-refractivity contribution is 6.34. The van der Waals surface area contributed by atoms with Crippen molar-refractivity contribution < 1.29 is 31.9 Å². The molecule has 4 aromatic rings. The number of likely N-dealkylation sites (tertiary alicyclic amines) is 1. The predicted molar refractivity (Wildman–Crippen MR) is 184 cm³/mol. The minimum absolute atomic E-state index is 0.105. The zero-order chi connectivity index (χ0) is 36.5. The highest BCUT2D eigenvalue weighted by Crippen LogP contribution is 2.44. The van der Waals surface area contributed by atoms with E-state index in [1.165, 1.54) is 24.4 Å². The number of anilines is 2. The lowest BCUT2D eigenvalue weighted by atomic mass is 9.96. The number of fused-ring (bicyclic) bond motifs is 1. The van der Waals surface area contributed by atoms with Gasteiger partial charge in [-0.2, -0.15) is 13.2 Å². The van der Waals surface area contributed by atoms with Crippen LogP contribution in [0, 0.1) is 17.8 Å². The number of carbonyl (C=O) groups is 3. The van der Waals surface area contributed by atoms with Gasteiger partial charge in [0.15, 0.2) is 5.83 Å². The molecule has 4 N–H and O–H groups in total. The Morgan fingerprint density at radius 1 is 1.12 bits per heavy atom. The Bertz CT molecular complexity index is 2080. The molecule has 0 atom stereocenters. The molecule has 50 heavy (non-hydrogen) atoms. The number of hydrogen-bond acceptors (Lipinski definition) is 6. The Labute approximate surface area is 289 Å². The first-order valence-electron chi connectivity index (χ1n) is 15.2. The summed E-state index contributed by atoms with van der Waals surface area (Å²) >= 11 is 6.48. The molecule has 5 rings (SSSR count). The number of pyridine rings is 1. The highest BCUT2D eigenvalue weighted by atomic mass is 35.5. The third kappa shape index (κ3) is 7.74. The molecule has 10 nitrogen and oxygen atoms in total. The number of benzene rings is 2. The number of alkyl halides is 3. The average molecular weight is 710 g/mol. The van der Waals surface area contributed by atoms with E-state index >= 15 is 0 Å². The SMILES string of the molecule is C=C(F)C(=O)Nc1ccc(-c2c(-c3ccc(C(=O)NCC(F)(F)F)c(Cl)c3)c3c(N)ncc(C#CC(=O)N(C)CC4CN(C)C4)c3n2C)cc1. The molecule has 1 saturated heterocycles. The minimum atomic E-state index is -4.61. The first-order valence-corrected chi connectivity index (χ1v) is 15.6. The van der Waals surface area contributed by atoms with Gasteiger partial charge in [-0.05, 0) is 42.4 Å². The van der Waals surface area contributed by atoms with E-state index in [4.69, 9.17) is 17.3 Å². The normalized spacial score (nSPS) is 13.3. The van der Waals surface area contributed by atoms with E-state index in [0.717, 1.165) is 13.1 Å². The van der Waals surface area contributed by atoms with E-state index in [2.05, 4.69) is 33.6 Å². The molecule has 1 aliphatic rings. The maximum absolute atomic E-state index is 13.3. The molecule has 0 unspecified atom stereocenters. The minimum Gasteiger partial charge on any atom is -0.383 e. The third-order valence-electron chi connectivity index (χ3n) is 8.18. The largest absolute Gasteiger partial charge is 0.405 e. The number of rotatable bonds is 8. The summed E-state index contributed by atoms with van der Waals surface area (Å²) in [6, 6.07) is 10.7. The summed E-state index contributed by atoms with van der Waals surface area (Å²) in [7, 11) is 5.45. The summed E-state index contributed by atoms with van der Waals surface area (Å²) < 4.78 is 53.3. The molecule has 1 fully saturated rings. The van der Waals surface area contributed by atoms with Gasteiger partial charge in [-0.15, -0.1) is 0 Å². The van der Waals surface area contributed by atoms with Crippen LogP contribution in [0.2, 0.25) is 5.02 Å². The van der Waals surface area contributed by atoms with Crippen LogP contribution in [0.4, 0.5) is 29.1 Å². The molecule has 3 amide bonds. The number of carbonyl (C=O) groups excluding carboxylic acids is 3. The third-order valence-corrected chi connectivity index (χ3v) is 8.49. The summed E-state index contributed by atoms with van der Waals surface area (Å²) in [5.74, 6) is 2.57. The molecule has 0 bridgehead atoms. The van der Waals surface area contributed by atoms with Gasteiger partial charge >= 0.3 is 6.18 Å². The smallest absolute Gasteiger partial charge is 0.383 e. The van der Waals surface area contributed by atoms with E-state index in [1.54, 1.807) is 47.8 Å². The second-order valence-electron chi connectivity index (χ2n) is 12.0. The van der Waals surface area contributed by atoms with E-state index in [0.29, 0.717) is 57.0 Å². The van der Waals surface area contributed by atoms with Crippen molar-refractivity contribution in [3.63, 3.8) is 0 Å². The molecular formula is C35H32ClF4N7O3. The summed E-state index contributed by atoms with van der Waals surface area (Å²) in [6.07, 6.45) is -3.16. The van der Waals surface area contributed by atoms with Gasteiger partial charge in [0, 0.05) is 63.0 Å². The molecule has 0 spiro atoms. The number of amides is 3. The molecule has 2 aromatic heterocycles. The second kappa shape index (κ2) is 14.2. The van der Waals surface area contributed by atoms with Crippen LogP contribution in [0.1, 0.15) is 15.9 Å². The van der Waals surface area contributed by atoms with Gasteiger partial charge < -0.3 is 30.7 Å². The second-order valence-corrected chi connectivity index (χ2v) is 12.4. The molecule has 0 saturated carbocycles. The number of nitrogens with zero attached hydrogens (tertiary/aromatic N) is 4. The Kier molecular flexibility index (Phi) is 10.2. The zero-order valence-corrected chi connectivity index (χ0v) is 28.0. The van der Waals surface area contributed by atoms with Crippen LogP contribution in [0.25, 0.3) is 33.3 Å². The van der Waals surface area contributed by atoms with Gasteiger partial charge in [-0.1, -0.05) is 42.3 Å². The van der Waals surface area contributed by atoms with Crippen LogP contribution in [0.15, 0.2) is 61.1 Å². The van der Waals surface area contributed by atoms with Crippen molar-refractivity contribution in [3.8, 4) is 34.2 Å². The Morgan fingerprint density at radius 3 is 2.38 bits per heavy atom. The van der Waals surface area contributed by atoms with Crippen molar-refractivity contribution in [2.24, 2.45) is 13.0 Å². The van der Waals surface area contributed by atoms with Crippen molar-refractivity contribution in [3.05, 3.63) is 77.2 Å². The molecule has 2 aromatic carbocycles. The number of nitrogen functional groups attached to an aromatic ring is 1. The van der Waals surface area contributed by atoms with Crippen LogP contribution < -0.4 is 16.4 Å². The Morgan fingerprint density at radius 2 is 1.78 bits per heavy atom. The van der Waals surface area contributed by atoms with Crippen molar-refractivity contribution in [1.29, 1.82) is 0 Å². The molecule has 260 valence electrons. The van der Waals surface area contributed by atoms with Crippen LogP contribution in [-0.4, -0.2) is 83.5 Å². The lowest BCUT2D eigenvalue weighted by Gasteiger charge is -2.38. The fourth-order valence-electron chi connectivity index (χ4n) is 5.89. The van der Waals surface area contributed by atoms with Crippen molar-refractivity contribution in [1.82, 2.24) is 24.7 Å². The quantitative estimate of drug-likeness (QED) is 0.131. The molecule has 15 heteroatoms. The lowest BCUT2D eigenvalue weighted by molar-refractivity contribution is -0.125. The number of aryl methyl sites for hydroxylation is 1. The Balaban J connectivity index is 1.63. The van der Waals surface area contributed by atoms with E-state index in [1.807, 2.05) is 12.4 Å².